The first-order chi connectivity index (χ1) is 7.66. The van der Waals surface area contributed by atoms with Crippen molar-refractivity contribution in [2.45, 2.75) is 13.5 Å². The Morgan fingerprint density at radius 1 is 1.38 bits per heavy atom. The molecule has 0 fully saturated rings. The second kappa shape index (κ2) is 4.26. The first kappa shape index (κ1) is 10.5. The summed E-state index contributed by atoms with van der Waals surface area (Å²) in [6.07, 6.45) is 1.80. The molecule has 0 aliphatic rings. The molecule has 0 radical (unpaired) electrons. The zero-order valence-electron chi connectivity index (χ0n) is 9.57. The van der Waals surface area contributed by atoms with E-state index in [2.05, 4.69) is 10.4 Å². The molecule has 1 aromatic heterocycles. The zero-order valence-corrected chi connectivity index (χ0v) is 9.57. The minimum absolute atomic E-state index is 0.764. The number of benzene rings is 1. The van der Waals surface area contributed by atoms with Crippen LogP contribution in [-0.2, 0) is 13.6 Å². The summed E-state index contributed by atoms with van der Waals surface area (Å²) in [7, 11) is 1.94. The Kier molecular flexibility index (Phi) is 2.81. The maximum atomic E-state index is 5.76. The van der Waals surface area contributed by atoms with Crippen LogP contribution in [0, 0.1) is 6.92 Å². The number of nitrogens with two attached hydrogens (primary N) is 1. The van der Waals surface area contributed by atoms with Crippen molar-refractivity contribution in [3.05, 3.63) is 41.7 Å². The number of hydrogen-bond donors (Lipinski definition) is 2. The van der Waals surface area contributed by atoms with E-state index >= 15 is 0 Å². The molecule has 1 heterocycles. The molecule has 84 valence electrons. The molecule has 4 nitrogen and oxygen atoms in total. The molecule has 3 N–H and O–H groups in total. The van der Waals surface area contributed by atoms with Crippen LogP contribution in [-0.4, -0.2) is 9.78 Å². The molecule has 0 aliphatic heterocycles. The van der Waals surface area contributed by atoms with Crippen LogP contribution in [0.1, 0.15) is 11.3 Å². The van der Waals surface area contributed by atoms with Gasteiger partial charge in [-0.3, -0.25) is 4.68 Å². The molecule has 0 saturated carbocycles. The summed E-state index contributed by atoms with van der Waals surface area (Å²) in [6, 6.07) is 7.95. The molecule has 2 rings (SSSR count). The number of hydrogen-bond acceptors (Lipinski definition) is 3. The van der Waals surface area contributed by atoms with Crippen LogP contribution in [0.3, 0.4) is 0 Å². The summed E-state index contributed by atoms with van der Waals surface area (Å²) in [4.78, 5) is 0. The van der Waals surface area contributed by atoms with E-state index in [1.807, 2.05) is 42.9 Å². The summed E-state index contributed by atoms with van der Waals surface area (Å²) in [6.45, 7) is 2.77. The number of nitrogens with zero attached hydrogens (tertiary/aromatic N) is 2. The Bertz CT molecular complexity index is 488. The summed E-state index contributed by atoms with van der Waals surface area (Å²) in [5.74, 6) is 0. The standard InChI is InChI=1S/C12H16N4/c1-9-7-10(3-4-12(9)13)14-8-11-5-6-15-16(11)2/h3-7,14H,8,13H2,1-2H3. The van der Waals surface area contributed by atoms with Crippen molar-refractivity contribution >= 4 is 11.4 Å². The van der Waals surface area contributed by atoms with E-state index < -0.39 is 0 Å². The van der Waals surface area contributed by atoms with E-state index in [0.717, 1.165) is 29.2 Å². The lowest BCUT2D eigenvalue weighted by molar-refractivity contribution is 0.720. The Labute approximate surface area is 95.1 Å². The lowest BCUT2D eigenvalue weighted by atomic mass is 10.2. The molecule has 0 amide bonds. The van der Waals surface area contributed by atoms with Gasteiger partial charge in [0.2, 0.25) is 0 Å². The molecule has 0 spiro atoms. The van der Waals surface area contributed by atoms with E-state index in [1.165, 1.54) is 0 Å². The van der Waals surface area contributed by atoms with Crippen molar-refractivity contribution in [3.63, 3.8) is 0 Å². The highest BCUT2D eigenvalue weighted by atomic mass is 15.3. The monoisotopic (exact) mass is 216 g/mol. The van der Waals surface area contributed by atoms with E-state index in [1.54, 1.807) is 6.20 Å². The third-order valence-electron chi connectivity index (χ3n) is 2.67. The van der Waals surface area contributed by atoms with Gasteiger partial charge in [-0.05, 0) is 36.8 Å². The van der Waals surface area contributed by atoms with Crippen molar-refractivity contribution in [2.24, 2.45) is 7.05 Å². The molecule has 2 aromatic rings. The van der Waals surface area contributed by atoms with Gasteiger partial charge in [0.05, 0.1) is 12.2 Å². The van der Waals surface area contributed by atoms with Gasteiger partial charge < -0.3 is 11.1 Å². The van der Waals surface area contributed by atoms with Crippen molar-refractivity contribution in [1.82, 2.24) is 9.78 Å². The summed E-state index contributed by atoms with van der Waals surface area (Å²) in [5.41, 5.74) is 9.90. The molecule has 0 bridgehead atoms. The van der Waals surface area contributed by atoms with Gasteiger partial charge in [0.25, 0.3) is 0 Å². The van der Waals surface area contributed by atoms with Gasteiger partial charge in [0, 0.05) is 24.6 Å². The van der Waals surface area contributed by atoms with Crippen LogP contribution in [0.4, 0.5) is 11.4 Å². The molecule has 16 heavy (non-hydrogen) atoms. The van der Waals surface area contributed by atoms with Crippen molar-refractivity contribution in [3.8, 4) is 0 Å². The Hall–Kier alpha value is -1.97. The highest BCUT2D eigenvalue weighted by Gasteiger charge is 1.99. The fourth-order valence-electron chi connectivity index (χ4n) is 1.55. The number of aryl methyl sites for hydroxylation is 2. The minimum atomic E-state index is 0.764. The van der Waals surface area contributed by atoms with Gasteiger partial charge in [-0.2, -0.15) is 5.10 Å². The van der Waals surface area contributed by atoms with Crippen molar-refractivity contribution < 1.29 is 0 Å². The molecular formula is C12H16N4. The number of aromatic nitrogens is 2. The van der Waals surface area contributed by atoms with E-state index in [-0.39, 0.29) is 0 Å². The molecule has 0 unspecified atom stereocenters. The molecule has 0 aliphatic carbocycles. The minimum Gasteiger partial charge on any atom is -0.399 e. The Morgan fingerprint density at radius 2 is 2.19 bits per heavy atom. The number of anilines is 2. The number of rotatable bonds is 3. The highest BCUT2D eigenvalue weighted by molar-refractivity contribution is 5.56. The first-order valence-electron chi connectivity index (χ1n) is 5.23. The van der Waals surface area contributed by atoms with Crippen molar-refractivity contribution in [2.75, 3.05) is 11.1 Å². The average Bonchev–Trinajstić information content (AvgIpc) is 2.66. The lowest BCUT2D eigenvalue weighted by Gasteiger charge is -2.08. The largest absolute Gasteiger partial charge is 0.399 e. The topological polar surface area (TPSA) is 55.9 Å². The second-order valence-electron chi connectivity index (χ2n) is 3.87. The SMILES string of the molecule is Cc1cc(NCc2ccnn2C)ccc1N. The van der Waals surface area contributed by atoms with Gasteiger partial charge >= 0.3 is 0 Å². The number of nitrogens with one attached hydrogen (secondary N) is 1. The molecular weight excluding hydrogens is 200 g/mol. The summed E-state index contributed by atoms with van der Waals surface area (Å²) >= 11 is 0. The van der Waals surface area contributed by atoms with Gasteiger partial charge in [-0.1, -0.05) is 0 Å². The third kappa shape index (κ3) is 2.16. The maximum Gasteiger partial charge on any atom is 0.0571 e. The van der Waals surface area contributed by atoms with Gasteiger partial charge in [0.1, 0.15) is 0 Å². The third-order valence-corrected chi connectivity index (χ3v) is 2.67. The predicted molar refractivity (Wildman–Crippen MR) is 66.1 cm³/mol. The van der Waals surface area contributed by atoms with Crippen LogP contribution < -0.4 is 11.1 Å². The van der Waals surface area contributed by atoms with E-state index in [9.17, 15) is 0 Å². The van der Waals surface area contributed by atoms with Crippen LogP contribution in [0.2, 0.25) is 0 Å². The normalized spacial score (nSPS) is 10.4. The first-order valence-corrected chi connectivity index (χ1v) is 5.23. The van der Waals surface area contributed by atoms with Gasteiger partial charge in [-0.15, -0.1) is 0 Å². The summed E-state index contributed by atoms with van der Waals surface area (Å²) < 4.78 is 1.86. The quantitative estimate of drug-likeness (QED) is 0.771. The molecule has 0 saturated heterocycles. The average molecular weight is 216 g/mol. The van der Waals surface area contributed by atoms with Crippen LogP contribution in [0.5, 0.6) is 0 Å². The maximum absolute atomic E-state index is 5.76. The van der Waals surface area contributed by atoms with Gasteiger partial charge in [0.15, 0.2) is 0 Å². The van der Waals surface area contributed by atoms with E-state index in [0.29, 0.717) is 0 Å². The predicted octanol–water partition coefficient (Wildman–Crippen LogP) is 1.92. The van der Waals surface area contributed by atoms with Crippen LogP contribution in [0.25, 0.3) is 0 Å². The van der Waals surface area contributed by atoms with E-state index in [4.69, 9.17) is 5.73 Å². The second-order valence-corrected chi connectivity index (χ2v) is 3.87. The Balaban J connectivity index is 2.05. The fraction of sp³-hybridized carbons (Fsp3) is 0.250. The molecule has 4 heteroatoms. The smallest absolute Gasteiger partial charge is 0.0571 e. The molecule has 0 atom stereocenters. The van der Waals surface area contributed by atoms with Gasteiger partial charge in [-0.25, -0.2) is 0 Å². The molecule has 1 aromatic carbocycles. The highest BCUT2D eigenvalue weighted by Crippen LogP contribution is 2.17. The van der Waals surface area contributed by atoms with Crippen molar-refractivity contribution in [1.29, 1.82) is 0 Å². The summed E-state index contributed by atoms with van der Waals surface area (Å²) in [5, 5.41) is 7.46. The Morgan fingerprint density at radius 3 is 2.81 bits per heavy atom. The lowest BCUT2D eigenvalue weighted by Crippen LogP contribution is -2.05. The van der Waals surface area contributed by atoms with Crippen LogP contribution >= 0.6 is 0 Å². The number of nitrogen functional groups attached to an aromatic ring is 1. The fourth-order valence-corrected chi connectivity index (χ4v) is 1.55. The zero-order chi connectivity index (χ0) is 11.5. The van der Waals surface area contributed by atoms with Crippen LogP contribution in [0.15, 0.2) is 30.5 Å².